The zero-order valence-corrected chi connectivity index (χ0v) is 62.2. The maximum atomic E-state index is 13.1. The Morgan fingerprint density at radius 3 is 1.02 bits per heavy atom. The molecule has 1 aliphatic rings. The number of unbranched alkanes of at least 4 members (excludes halogenated alkanes) is 59. The van der Waals surface area contributed by atoms with Gasteiger partial charge in [-0.3, -0.25) is 9.59 Å². The van der Waals surface area contributed by atoms with Crippen LogP contribution in [0.4, 0.5) is 0 Å². The third kappa shape index (κ3) is 60.1. The van der Waals surface area contributed by atoms with E-state index in [1.807, 2.05) is 6.08 Å². The Kier molecular flexibility index (Phi) is 69.4. The Labute approximate surface area is 581 Å². The number of ether oxygens (including phenoxy) is 3. The smallest absolute Gasteiger partial charge is 0.305 e. The van der Waals surface area contributed by atoms with E-state index in [-0.39, 0.29) is 18.5 Å². The number of esters is 1. The molecule has 7 atom stereocenters. The van der Waals surface area contributed by atoms with Gasteiger partial charge in [-0.15, -0.1) is 0 Å². The Hall–Kier alpha value is -1.86. The second-order valence-corrected chi connectivity index (χ2v) is 29.2. The van der Waals surface area contributed by atoms with E-state index in [1.54, 1.807) is 6.08 Å². The highest BCUT2D eigenvalue weighted by molar-refractivity contribution is 5.76. The van der Waals surface area contributed by atoms with Crippen LogP contribution >= 0.6 is 0 Å². The molecule has 1 heterocycles. The van der Waals surface area contributed by atoms with Gasteiger partial charge >= 0.3 is 5.97 Å². The Morgan fingerprint density at radius 1 is 0.383 bits per heavy atom. The third-order valence-corrected chi connectivity index (χ3v) is 20.1. The zero-order chi connectivity index (χ0) is 67.9. The second-order valence-electron chi connectivity index (χ2n) is 29.2. The molecule has 556 valence electrons. The summed E-state index contributed by atoms with van der Waals surface area (Å²) in [6, 6.07) is -0.804. The number of nitrogens with one attached hydrogen (secondary N) is 1. The lowest BCUT2D eigenvalue weighted by Crippen LogP contribution is -2.60. The molecule has 11 nitrogen and oxygen atoms in total. The molecule has 0 aliphatic carbocycles. The van der Waals surface area contributed by atoms with Crippen LogP contribution in [-0.2, 0) is 23.8 Å². The lowest BCUT2D eigenvalue weighted by Gasteiger charge is -2.40. The van der Waals surface area contributed by atoms with Crippen molar-refractivity contribution >= 4 is 11.9 Å². The van der Waals surface area contributed by atoms with Crippen molar-refractivity contribution in [3.8, 4) is 0 Å². The van der Waals surface area contributed by atoms with Gasteiger partial charge in [-0.1, -0.05) is 385 Å². The highest BCUT2D eigenvalue weighted by Crippen LogP contribution is 2.24. The molecule has 0 aromatic carbocycles. The molecule has 7 unspecified atom stereocenters. The van der Waals surface area contributed by atoms with Crippen LogP contribution in [0.2, 0.25) is 0 Å². The van der Waals surface area contributed by atoms with Crippen LogP contribution in [0.25, 0.3) is 0 Å². The minimum atomic E-state index is -1.57. The van der Waals surface area contributed by atoms with E-state index in [0.717, 1.165) is 57.8 Å². The van der Waals surface area contributed by atoms with E-state index in [0.29, 0.717) is 19.4 Å². The molecule has 1 amide bonds. The van der Waals surface area contributed by atoms with E-state index in [1.165, 1.54) is 347 Å². The maximum absolute atomic E-state index is 13.1. The zero-order valence-electron chi connectivity index (χ0n) is 62.2. The number of aliphatic hydroxyl groups excluding tert-OH is 5. The SMILES string of the molecule is CCCCCCCC/C=C\CCCCCCCC(=O)OCCCCCCCCCCCCCCCCCCCCCCCCCCCCCCCCCCCCCCCCCC(=O)NC(COC1OC(CO)C(O)C(O)C1O)C(O)/C=C/CCCCCCCCCCCC. The molecule has 1 rings (SSSR count). The van der Waals surface area contributed by atoms with Gasteiger partial charge in [0.15, 0.2) is 6.29 Å². The first-order chi connectivity index (χ1) is 46.2. The van der Waals surface area contributed by atoms with E-state index in [4.69, 9.17) is 14.2 Å². The molecule has 0 aromatic rings. The predicted molar refractivity (Wildman–Crippen MR) is 398 cm³/mol. The second kappa shape index (κ2) is 72.4. The van der Waals surface area contributed by atoms with Crippen molar-refractivity contribution in [2.24, 2.45) is 0 Å². The summed E-state index contributed by atoms with van der Waals surface area (Å²) < 4.78 is 16.8. The number of carbonyl (C=O) groups excluding carboxylic acids is 2. The summed E-state index contributed by atoms with van der Waals surface area (Å²) in [7, 11) is 0. The van der Waals surface area contributed by atoms with Crippen LogP contribution in [0, 0.1) is 0 Å². The van der Waals surface area contributed by atoms with Crippen molar-refractivity contribution in [1.29, 1.82) is 0 Å². The lowest BCUT2D eigenvalue weighted by molar-refractivity contribution is -0.302. The van der Waals surface area contributed by atoms with Gasteiger partial charge in [-0.25, -0.2) is 0 Å². The summed E-state index contributed by atoms with van der Waals surface area (Å²) in [5.41, 5.74) is 0. The molecule has 0 saturated carbocycles. The minimum Gasteiger partial charge on any atom is -0.466 e. The Morgan fingerprint density at radius 2 is 0.681 bits per heavy atom. The number of hydrogen-bond donors (Lipinski definition) is 6. The number of rotatable bonds is 75. The number of hydrogen-bond acceptors (Lipinski definition) is 10. The van der Waals surface area contributed by atoms with E-state index in [9.17, 15) is 35.1 Å². The summed E-state index contributed by atoms with van der Waals surface area (Å²) >= 11 is 0. The summed E-state index contributed by atoms with van der Waals surface area (Å²) in [6.07, 6.45) is 83.7. The number of amides is 1. The molecular formula is C83H159NO10. The maximum Gasteiger partial charge on any atom is 0.305 e. The lowest BCUT2D eigenvalue weighted by atomic mass is 9.99. The number of carbonyl (C=O) groups is 2. The van der Waals surface area contributed by atoms with Crippen LogP contribution < -0.4 is 5.32 Å². The number of aliphatic hydroxyl groups is 5. The molecule has 0 aromatic heterocycles. The molecule has 0 spiro atoms. The van der Waals surface area contributed by atoms with Gasteiger partial charge in [0.1, 0.15) is 24.4 Å². The van der Waals surface area contributed by atoms with Gasteiger partial charge in [0.05, 0.1) is 32.0 Å². The average Bonchev–Trinajstić information content (AvgIpc) is 0.856. The Bertz CT molecular complexity index is 1610. The van der Waals surface area contributed by atoms with Crippen molar-refractivity contribution in [2.45, 2.75) is 474 Å². The molecule has 1 saturated heterocycles. The molecule has 1 aliphatic heterocycles. The van der Waals surface area contributed by atoms with Gasteiger partial charge in [-0.05, 0) is 57.8 Å². The molecular weight excluding hydrogens is 1170 g/mol. The average molecular weight is 1330 g/mol. The first-order valence-corrected chi connectivity index (χ1v) is 41.6. The van der Waals surface area contributed by atoms with E-state index < -0.39 is 49.5 Å². The van der Waals surface area contributed by atoms with Gasteiger partial charge < -0.3 is 45.1 Å². The minimum absolute atomic E-state index is 0.0113. The molecule has 6 N–H and O–H groups in total. The quantitative estimate of drug-likeness (QED) is 0.0195. The monoisotopic (exact) mass is 1330 g/mol. The van der Waals surface area contributed by atoms with Gasteiger partial charge in [-0.2, -0.15) is 0 Å². The van der Waals surface area contributed by atoms with Crippen molar-refractivity contribution < 1.29 is 49.3 Å². The van der Waals surface area contributed by atoms with Crippen molar-refractivity contribution in [3.05, 3.63) is 24.3 Å². The van der Waals surface area contributed by atoms with E-state index >= 15 is 0 Å². The summed E-state index contributed by atoms with van der Waals surface area (Å²) in [4.78, 5) is 25.2. The van der Waals surface area contributed by atoms with Crippen LogP contribution in [-0.4, -0.2) is 100 Å². The van der Waals surface area contributed by atoms with E-state index in [2.05, 4.69) is 31.3 Å². The topological polar surface area (TPSA) is 175 Å². The van der Waals surface area contributed by atoms with Crippen LogP contribution in [0.3, 0.4) is 0 Å². The highest BCUT2D eigenvalue weighted by atomic mass is 16.7. The first kappa shape index (κ1) is 90.2. The molecule has 11 heteroatoms. The summed E-state index contributed by atoms with van der Waals surface area (Å²) in [5, 5.41) is 54.5. The van der Waals surface area contributed by atoms with Gasteiger partial charge in [0.25, 0.3) is 0 Å². The third-order valence-electron chi connectivity index (χ3n) is 20.1. The fraction of sp³-hybridized carbons (Fsp3) is 0.928. The summed E-state index contributed by atoms with van der Waals surface area (Å²) in [6.45, 7) is 4.39. The van der Waals surface area contributed by atoms with Crippen molar-refractivity contribution in [2.75, 3.05) is 19.8 Å². The van der Waals surface area contributed by atoms with Gasteiger partial charge in [0.2, 0.25) is 5.91 Å². The van der Waals surface area contributed by atoms with Crippen LogP contribution in [0.5, 0.6) is 0 Å². The van der Waals surface area contributed by atoms with Crippen molar-refractivity contribution in [3.63, 3.8) is 0 Å². The summed E-state index contributed by atoms with van der Waals surface area (Å²) in [5.74, 6) is -0.162. The molecule has 1 fully saturated rings. The fourth-order valence-corrected chi connectivity index (χ4v) is 13.6. The van der Waals surface area contributed by atoms with Crippen LogP contribution in [0.1, 0.15) is 431 Å². The van der Waals surface area contributed by atoms with Gasteiger partial charge in [0, 0.05) is 12.8 Å². The highest BCUT2D eigenvalue weighted by Gasteiger charge is 2.44. The van der Waals surface area contributed by atoms with Crippen LogP contribution in [0.15, 0.2) is 24.3 Å². The predicted octanol–water partition coefficient (Wildman–Crippen LogP) is 22.7. The molecule has 0 radical (unpaired) electrons. The molecule has 94 heavy (non-hydrogen) atoms. The largest absolute Gasteiger partial charge is 0.466 e. The Balaban J connectivity index is 1.85. The number of allylic oxidation sites excluding steroid dienone is 3. The first-order valence-electron chi connectivity index (χ1n) is 41.6. The normalized spacial score (nSPS) is 17.5. The standard InChI is InChI=1S/C83H159NO10/c1-3-5-7-9-11-13-15-17-43-47-51-55-59-63-67-71-79(88)92-72-68-64-60-56-52-48-45-42-40-38-36-34-32-30-28-26-24-22-20-18-19-21-23-25-27-29-31-33-35-37-39-41-44-46-50-54-58-62-66-70-78(87)84-75(74-93-83-82(91)81(90)80(89)77(73-85)94-83)76(86)69-65-61-57-53-49-16-14-12-10-8-6-4-2/h17,43,65,69,75-77,80-83,85-86,89-91H,3-16,18-42,44-64,66-68,70-74H2,1-2H3,(H,84,87)/b43-17-,69-65+. The van der Waals surface area contributed by atoms with Crippen molar-refractivity contribution in [1.82, 2.24) is 5.32 Å². The fourth-order valence-electron chi connectivity index (χ4n) is 13.6. The molecule has 0 bridgehead atoms.